The summed E-state index contributed by atoms with van der Waals surface area (Å²) in [6, 6.07) is 24.0. The molecule has 3 aromatic carbocycles. The van der Waals surface area contributed by atoms with E-state index in [9.17, 15) is 14.7 Å². The summed E-state index contributed by atoms with van der Waals surface area (Å²) in [6.45, 7) is 4.72. The Bertz CT molecular complexity index is 1580. The van der Waals surface area contributed by atoms with E-state index < -0.39 is 12.0 Å². The SMILES string of the molecule is Cc1cc(C)cc(-c2cccc(C(O)C(=O)N3CCCc4nc(C5(c6ccccc6)CC5)[nH]c(=O)c4C3)c2)c1. The van der Waals surface area contributed by atoms with Crippen LogP contribution in [0.5, 0.6) is 0 Å². The molecule has 1 aliphatic heterocycles. The molecule has 2 heterocycles. The van der Waals surface area contributed by atoms with Crippen LogP contribution in [-0.4, -0.2) is 32.4 Å². The van der Waals surface area contributed by atoms with Gasteiger partial charge in [-0.2, -0.15) is 0 Å². The molecule has 39 heavy (non-hydrogen) atoms. The summed E-state index contributed by atoms with van der Waals surface area (Å²) in [4.78, 5) is 36.4. The van der Waals surface area contributed by atoms with Gasteiger partial charge in [0.05, 0.1) is 23.2 Å². The third-order valence-corrected chi connectivity index (χ3v) is 8.12. The first-order chi connectivity index (χ1) is 18.8. The van der Waals surface area contributed by atoms with Crippen molar-refractivity contribution in [2.75, 3.05) is 6.54 Å². The Morgan fingerprint density at radius 3 is 2.44 bits per heavy atom. The van der Waals surface area contributed by atoms with E-state index in [2.05, 4.69) is 49.2 Å². The van der Waals surface area contributed by atoms with E-state index in [1.165, 1.54) is 5.56 Å². The van der Waals surface area contributed by atoms with E-state index in [-0.39, 0.29) is 17.5 Å². The molecule has 0 radical (unpaired) electrons. The Morgan fingerprint density at radius 2 is 1.72 bits per heavy atom. The number of benzene rings is 3. The molecule has 1 atom stereocenters. The maximum Gasteiger partial charge on any atom is 0.256 e. The molecule has 0 bridgehead atoms. The Kier molecular flexibility index (Phi) is 6.43. The van der Waals surface area contributed by atoms with Crippen LogP contribution < -0.4 is 5.56 Å². The highest BCUT2D eigenvalue weighted by Gasteiger charge is 2.48. The van der Waals surface area contributed by atoms with Crippen LogP contribution in [0.15, 0.2) is 77.6 Å². The summed E-state index contributed by atoms with van der Waals surface area (Å²) in [6.07, 6.45) is 1.91. The number of H-pyrrole nitrogens is 1. The van der Waals surface area contributed by atoms with Gasteiger partial charge in [-0.05, 0) is 67.9 Å². The minimum Gasteiger partial charge on any atom is -0.378 e. The number of aromatic nitrogens is 2. The highest BCUT2D eigenvalue weighted by atomic mass is 16.3. The monoisotopic (exact) mass is 519 g/mol. The molecule has 6 heteroatoms. The first-order valence-electron chi connectivity index (χ1n) is 13.7. The molecule has 1 unspecified atom stereocenters. The number of aryl methyl sites for hydroxylation is 3. The van der Waals surface area contributed by atoms with E-state index in [1.54, 1.807) is 11.0 Å². The van der Waals surface area contributed by atoms with Crippen LogP contribution in [-0.2, 0) is 23.2 Å². The number of aliphatic hydroxyl groups excluding tert-OH is 1. The number of amides is 1. The van der Waals surface area contributed by atoms with Gasteiger partial charge in [-0.1, -0.05) is 77.9 Å². The molecule has 198 valence electrons. The molecule has 4 aromatic rings. The molecule has 1 amide bonds. The number of fused-ring (bicyclic) bond motifs is 1. The summed E-state index contributed by atoms with van der Waals surface area (Å²) in [5.41, 5.74) is 6.90. The highest BCUT2D eigenvalue weighted by Crippen LogP contribution is 2.51. The molecule has 1 aromatic heterocycles. The zero-order valence-electron chi connectivity index (χ0n) is 22.4. The van der Waals surface area contributed by atoms with Crippen LogP contribution in [0.25, 0.3) is 11.1 Å². The fourth-order valence-corrected chi connectivity index (χ4v) is 5.93. The van der Waals surface area contributed by atoms with Crippen molar-refractivity contribution in [1.29, 1.82) is 0 Å². The summed E-state index contributed by atoms with van der Waals surface area (Å²) in [7, 11) is 0. The summed E-state index contributed by atoms with van der Waals surface area (Å²) in [5.74, 6) is 0.326. The molecular formula is C33H33N3O3. The normalized spacial score (nSPS) is 16.7. The number of carbonyl (C=O) groups is 1. The third-order valence-electron chi connectivity index (χ3n) is 8.12. The summed E-state index contributed by atoms with van der Waals surface area (Å²) in [5, 5.41) is 11.1. The Balaban J connectivity index is 1.25. The average Bonchev–Trinajstić information content (AvgIpc) is 3.77. The van der Waals surface area contributed by atoms with Crippen molar-refractivity contribution in [1.82, 2.24) is 14.9 Å². The zero-order chi connectivity index (χ0) is 27.1. The molecule has 6 rings (SSSR count). The van der Waals surface area contributed by atoms with Crippen LogP contribution >= 0.6 is 0 Å². The van der Waals surface area contributed by atoms with Crippen LogP contribution in [0.4, 0.5) is 0 Å². The maximum absolute atomic E-state index is 13.5. The number of rotatable bonds is 5. The number of hydrogen-bond acceptors (Lipinski definition) is 4. The molecule has 1 fully saturated rings. The van der Waals surface area contributed by atoms with Gasteiger partial charge in [-0.25, -0.2) is 4.98 Å². The van der Waals surface area contributed by atoms with Crippen molar-refractivity contribution in [3.8, 4) is 11.1 Å². The van der Waals surface area contributed by atoms with Crippen LogP contribution in [0, 0.1) is 13.8 Å². The van der Waals surface area contributed by atoms with Crippen LogP contribution in [0.1, 0.15) is 64.7 Å². The second kappa shape index (κ2) is 9.93. The van der Waals surface area contributed by atoms with Gasteiger partial charge in [0.15, 0.2) is 6.10 Å². The van der Waals surface area contributed by atoms with Gasteiger partial charge >= 0.3 is 0 Å². The van der Waals surface area contributed by atoms with E-state index in [0.717, 1.165) is 46.6 Å². The lowest BCUT2D eigenvalue weighted by molar-refractivity contribution is -0.141. The fourth-order valence-electron chi connectivity index (χ4n) is 5.93. The van der Waals surface area contributed by atoms with Crippen molar-refractivity contribution >= 4 is 5.91 Å². The lowest BCUT2D eigenvalue weighted by Crippen LogP contribution is -2.36. The van der Waals surface area contributed by atoms with Gasteiger partial charge in [0, 0.05) is 6.54 Å². The van der Waals surface area contributed by atoms with Gasteiger partial charge in [0.1, 0.15) is 5.82 Å². The largest absolute Gasteiger partial charge is 0.378 e. The molecule has 1 saturated carbocycles. The smallest absolute Gasteiger partial charge is 0.256 e. The van der Waals surface area contributed by atoms with Gasteiger partial charge in [-0.3, -0.25) is 9.59 Å². The number of aromatic amines is 1. The first kappa shape index (κ1) is 25.3. The minimum atomic E-state index is -1.31. The van der Waals surface area contributed by atoms with Crippen LogP contribution in [0.2, 0.25) is 0 Å². The van der Waals surface area contributed by atoms with Crippen molar-refractivity contribution in [3.63, 3.8) is 0 Å². The Morgan fingerprint density at radius 1 is 0.974 bits per heavy atom. The highest BCUT2D eigenvalue weighted by molar-refractivity contribution is 5.83. The van der Waals surface area contributed by atoms with E-state index >= 15 is 0 Å². The third kappa shape index (κ3) is 4.81. The van der Waals surface area contributed by atoms with Crippen molar-refractivity contribution in [2.24, 2.45) is 0 Å². The van der Waals surface area contributed by atoms with Crippen molar-refractivity contribution in [2.45, 2.75) is 57.6 Å². The topological polar surface area (TPSA) is 86.3 Å². The predicted octanol–water partition coefficient (Wildman–Crippen LogP) is 5.14. The minimum absolute atomic E-state index is 0.142. The second-order valence-corrected chi connectivity index (χ2v) is 11.1. The lowest BCUT2D eigenvalue weighted by Gasteiger charge is -2.24. The molecule has 0 saturated heterocycles. The summed E-state index contributed by atoms with van der Waals surface area (Å²) >= 11 is 0. The number of aliphatic hydroxyl groups is 1. The first-order valence-corrected chi connectivity index (χ1v) is 13.7. The molecule has 0 spiro atoms. The Hall–Kier alpha value is -4.03. The van der Waals surface area contributed by atoms with Crippen molar-refractivity contribution < 1.29 is 9.90 Å². The van der Waals surface area contributed by atoms with Gasteiger partial charge < -0.3 is 15.0 Å². The van der Waals surface area contributed by atoms with Crippen molar-refractivity contribution in [3.05, 3.63) is 122 Å². The number of nitrogens with one attached hydrogen (secondary N) is 1. The molecule has 1 aliphatic carbocycles. The number of hydrogen-bond donors (Lipinski definition) is 2. The molecule has 2 aliphatic rings. The molecular weight excluding hydrogens is 486 g/mol. The quantitative estimate of drug-likeness (QED) is 0.382. The predicted molar refractivity (Wildman–Crippen MR) is 151 cm³/mol. The zero-order valence-corrected chi connectivity index (χ0v) is 22.4. The van der Waals surface area contributed by atoms with E-state index in [1.807, 2.05) is 36.4 Å². The average molecular weight is 520 g/mol. The molecule has 2 N–H and O–H groups in total. The second-order valence-electron chi connectivity index (χ2n) is 11.1. The summed E-state index contributed by atoms with van der Waals surface area (Å²) < 4.78 is 0. The molecule has 6 nitrogen and oxygen atoms in total. The number of carbonyl (C=O) groups excluding carboxylic acids is 1. The standard InChI is InChI=1S/C33H33N3O3/c1-21-16-22(2)18-25(17-21)23-8-6-9-24(19-23)29(37)31(39)36-15-7-12-28-27(20-36)30(38)35-32(34-28)33(13-14-33)26-10-4-3-5-11-26/h3-6,8-11,16-19,29,37H,7,12-15,20H2,1-2H3,(H,34,35,38). The van der Waals surface area contributed by atoms with Gasteiger partial charge in [-0.15, -0.1) is 0 Å². The Labute approximate surface area is 228 Å². The van der Waals surface area contributed by atoms with E-state index in [4.69, 9.17) is 4.98 Å². The fraction of sp³-hybridized carbons (Fsp3) is 0.303. The van der Waals surface area contributed by atoms with Gasteiger partial charge in [0.2, 0.25) is 0 Å². The number of nitrogens with zero attached hydrogens (tertiary/aromatic N) is 2. The van der Waals surface area contributed by atoms with E-state index in [0.29, 0.717) is 30.5 Å². The van der Waals surface area contributed by atoms with Crippen LogP contribution in [0.3, 0.4) is 0 Å². The van der Waals surface area contributed by atoms with Gasteiger partial charge in [0.25, 0.3) is 11.5 Å². The lowest BCUT2D eigenvalue weighted by atomic mass is 9.94. The maximum atomic E-state index is 13.5.